The number of hydrogen-bond donors (Lipinski definition) is 0. The van der Waals surface area contributed by atoms with Crippen molar-refractivity contribution in [1.29, 1.82) is 0 Å². The third-order valence-corrected chi connectivity index (χ3v) is 2.63. The van der Waals surface area contributed by atoms with Crippen molar-refractivity contribution in [1.82, 2.24) is 9.38 Å². The molecule has 0 bridgehead atoms. The third kappa shape index (κ3) is 1.73. The Morgan fingerprint density at radius 3 is 2.50 bits per heavy atom. The van der Waals surface area contributed by atoms with Crippen LogP contribution in [-0.2, 0) is 0 Å². The number of rotatable bonds is 1. The van der Waals surface area contributed by atoms with Gasteiger partial charge in [0.15, 0.2) is 11.6 Å². The summed E-state index contributed by atoms with van der Waals surface area (Å²) in [5.41, 5.74) is 1.44. The van der Waals surface area contributed by atoms with Crippen LogP contribution in [0.4, 0.5) is 13.2 Å². The molecule has 0 radical (unpaired) electrons. The smallest absolute Gasteiger partial charge is 0.159 e. The maximum atomic E-state index is 13.1. The summed E-state index contributed by atoms with van der Waals surface area (Å²) in [7, 11) is 0. The first-order valence-corrected chi connectivity index (χ1v) is 5.23. The molecule has 0 N–H and O–H groups in total. The zero-order chi connectivity index (χ0) is 12.7. The molecule has 3 aromatic rings. The number of pyridine rings is 1. The highest BCUT2D eigenvalue weighted by atomic mass is 19.2. The van der Waals surface area contributed by atoms with Crippen molar-refractivity contribution >= 4 is 5.65 Å². The summed E-state index contributed by atoms with van der Waals surface area (Å²) < 4.78 is 40.4. The van der Waals surface area contributed by atoms with Crippen LogP contribution in [0.3, 0.4) is 0 Å². The van der Waals surface area contributed by atoms with Gasteiger partial charge < -0.3 is 4.40 Å². The molecule has 0 atom stereocenters. The molecule has 90 valence electrons. The average molecular weight is 248 g/mol. The van der Waals surface area contributed by atoms with Crippen LogP contribution in [0.2, 0.25) is 0 Å². The zero-order valence-electron chi connectivity index (χ0n) is 9.07. The van der Waals surface area contributed by atoms with E-state index < -0.39 is 17.5 Å². The Bertz CT molecular complexity index is 734. The largest absolute Gasteiger partial charge is 0.304 e. The van der Waals surface area contributed by atoms with Crippen LogP contribution in [0.1, 0.15) is 0 Å². The molecular formula is C13H7F3N2. The maximum Gasteiger partial charge on any atom is 0.159 e. The van der Waals surface area contributed by atoms with Crippen molar-refractivity contribution in [3.63, 3.8) is 0 Å². The van der Waals surface area contributed by atoms with Crippen molar-refractivity contribution in [2.24, 2.45) is 0 Å². The molecule has 5 heteroatoms. The van der Waals surface area contributed by atoms with Crippen LogP contribution < -0.4 is 0 Å². The number of imidazole rings is 1. The summed E-state index contributed by atoms with van der Waals surface area (Å²) in [6.07, 6.45) is 2.83. The van der Waals surface area contributed by atoms with Gasteiger partial charge in [0.25, 0.3) is 0 Å². The maximum absolute atomic E-state index is 13.1. The summed E-state index contributed by atoms with van der Waals surface area (Å²) in [5, 5.41) is 0. The van der Waals surface area contributed by atoms with Gasteiger partial charge in [-0.1, -0.05) is 0 Å². The summed E-state index contributed by atoms with van der Waals surface area (Å²) in [4.78, 5) is 4.20. The summed E-state index contributed by atoms with van der Waals surface area (Å²) in [6.45, 7) is 0. The fourth-order valence-electron chi connectivity index (χ4n) is 1.76. The van der Waals surface area contributed by atoms with Crippen molar-refractivity contribution in [2.75, 3.05) is 0 Å². The van der Waals surface area contributed by atoms with E-state index in [4.69, 9.17) is 0 Å². The van der Waals surface area contributed by atoms with Crippen molar-refractivity contribution in [2.45, 2.75) is 0 Å². The first-order chi connectivity index (χ1) is 8.63. The van der Waals surface area contributed by atoms with E-state index in [9.17, 15) is 13.2 Å². The Morgan fingerprint density at radius 1 is 0.889 bits per heavy atom. The molecule has 0 unspecified atom stereocenters. The number of fused-ring (bicyclic) bond motifs is 1. The Morgan fingerprint density at radius 2 is 1.72 bits per heavy atom. The highest BCUT2D eigenvalue weighted by Gasteiger charge is 2.08. The number of aromatic nitrogens is 2. The van der Waals surface area contributed by atoms with Crippen LogP contribution in [-0.4, -0.2) is 9.38 Å². The lowest BCUT2D eigenvalue weighted by molar-refractivity contribution is 0.509. The molecule has 2 nitrogen and oxygen atoms in total. The molecule has 0 aliphatic heterocycles. The Balaban J connectivity index is 2.16. The monoisotopic (exact) mass is 248 g/mol. The van der Waals surface area contributed by atoms with Gasteiger partial charge in [0, 0.05) is 18.0 Å². The zero-order valence-corrected chi connectivity index (χ0v) is 9.07. The highest BCUT2D eigenvalue weighted by molar-refractivity contribution is 5.62. The standard InChI is InChI=1S/C13H7F3N2/c14-9-2-4-13-17-12(7-18(13)6-9)8-1-3-10(15)11(16)5-8/h1-7H. The minimum Gasteiger partial charge on any atom is -0.304 e. The van der Waals surface area contributed by atoms with Gasteiger partial charge in [-0.3, -0.25) is 0 Å². The average Bonchev–Trinajstić information content (AvgIpc) is 2.75. The molecule has 0 saturated carbocycles. The summed E-state index contributed by atoms with van der Waals surface area (Å²) in [5.74, 6) is -2.24. The van der Waals surface area contributed by atoms with E-state index >= 15 is 0 Å². The molecule has 0 fully saturated rings. The van der Waals surface area contributed by atoms with Crippen LogP contribution in [0, 0.1) is 17.5 Å². The van der Waals surface area contributed by atoms with Crippen molar-refractivity contribution in [3.05, 3.63) is 60.2 Å². The molecule has 0 aliphatic carbocycles. The van der Waals surface area contributed by atoms with Crippen LogP contribution in [0.15, 0.2) is 42.7 Å². The van der Waals surface area contributed by atoms with E-state index in [0.29, 0.717) is 16.9 Å². The Kier molecular flexibility index (Phi) is 2.33. The van der Waals surface area contributed by atoms with Gasteiger partial charge >= 0.3 is 0 Å². The predicted octanol–water partition coefficient (Wildman–Crippen LogP) is 3.42. The molecule has 0 aliphatic rings. The van der Waals surface area contributed by atoms with E-state index in [-0.39, 0.29) is 0 Å². The molecule has 2 heterocycles. The molecule has 0 saturated heterocycles. The topological polar surface area (TPSA) is 17.3 Å². The molecule has 18 heavy (non-hydrogen) atoms. The second kappa shape index (κ2) is 3.87. The SMILES string of the molecule is Fc1ccc2nc(-c3ccc(F)c(F)c3)cn2c1. The quantitative estimate of drug-likeness (QED) is 0.645. The third-order valence-electron chi connectivity index (χ3n) is 2.63. The lowest BCUT2D eigenvalue weighted by atomic mass is 10.1. The fourth-order valence-corrected chi connectivity index (χ4v) is 1.76. The number of nitrogens with zero attached hydrogens (tertiary/aromatic N) is 2. The second-order valence-electron chi connectivity index (χ2n) is 3.87. The first-order valence-electron chi connectivity index (χ1n) is 5.23. The van der Waals surface area contributed by atoms with Gasteiger partial charge in [-0.15, -0.1) is 0 Å². The van der Waals surface area contributed by atoms with Gasteiger partial charge in [0.05, 0.1) is 5.69 Å². The molecule has 3 rings (SSSR count). The van der Waals surface area contributed by atoms with Gasteiger partial charge in [0.1, 0.15) is 11.5 Å². The summed E-state index contributed by atoms with van der Waals surface area (Å²) >= 11 is 0. The number of halogens is 3. The minimum absolute atomic E-state index is 0.392. The molecular weight excluding hydrogens is 241 g/mol. The van der Waals surface area contributed by atoms with Gasteiger partial charge in [-0.05, 0) is 30.3 Å². The summed E-state index contributed by atoms with van der Waals surface area (Å²) in [6, 6.07) is 6.33. The normalized spacial score (nSPS) is 11.1. The lowest BCUT2D eigenvalue weighted by Crippen LogP contribution is -1.85. The minimum atomic E-state index is -0.935. The van der Waals surface area contributed by atoms with Crippen LogP contribution in [0.5, 0.6) is 0 Å². The highest BCUT2D eigenvalue weighted by Crippen LogP contribution is 2.21. The fraction of sp³-hybridized carbons (Fsp3) is 0. The number of benzene rings is 1. The Hall–Kier alpha value is -2.30. The van der Waals surface area contributed by atoms with Gasteiger partial charge in [0.2, 0.25) is 0 Å². The van der Waals surface area contributed by atoms with Crippen molar-refractivity contribution in [3.8, 4) is 11.3 Å². The molecule has 2 aromatic heterocycles. The first kappa shape index (κ1) is 10.8. The predicted molar refractivity (Wildman–Crippen MR) is 60.5 cm³/mol. The molecule has 0 amide bonds. The van der Waals surface area contributed by atoms with Gasteiger partial charge in [-0.25, -0.2) is 18.2 Å². The number of hydrogen-bond acceptors (Lipinski definition) is 1. The molecule has 1 aromatic carbocycles. The lowest BCUT2D eigenvalue weighted by Gasteiger charge is -1.96. The van der Waals surface area contributed by atoms with E-state index in [2.05, 4.69) is 4.98 Å². The van der Waals surface area contributed by atoms with Gasteiger partial charge in [-0.2, -0.15) is 0 Å². The molecule has 0 spiro atoms. The van der Waals surface area contributed by atoms with Crippen LogP contribution >= 0.6 is 0 Å². The Labute approximate surface area is 100 Å². The van der Waals surface area contributed by atoms with E-state index in [1.807, 2.05) is 0 Å². The second-order valence-corrected chi connectivity index (χ2v) is 3.87. The van der Waals surface area contributed by atoms with E-state index in [1.165, 1.54) is 28.8 Å². The van der Waals surface area contributed by atoms with E-state index in [1.54, 1.807) is 6.20 Å². The van der Waals surface area contributed by atoms with E-state index in [0.717, 1.165) is 12.1 Å². The van der Waals surface area contributed by atoms with Crippen LogP contribution in [0.25, 0.3) is 16.9 Å². The van der Waals surface area contributed by atoms with Crippen molar-refractivity contribution < 1.29 is 13.2 Å².